The third kappa shape index (κ3) is 5.77. The quantitative estimate of drug-likeness (QED) is 0.333. The van der Waals surface area contributed by atoms with E-state index in [9.17, 15) is 9.59 Å². The molecule has 1 atom stereocenters. The minimum atomic E-state index is -0.510. The van der Waals surface area contributed by atoms with Crippen LogP contribution in [-0.2, 0) is 4.79 Å². The van der Waals surface area contributed by atoms with E-state index in [2.05, 4.69) is 19.2 Å². The van der Waals surface area contributed by atoms with Crippen LogP contribution in [0.5, 0.6) is 11.5 Å². The lowest BCUT2D eigenvalue weighted by Crippen LogP contribution is -2.47. The Bertz CT molecular complexity index is 1440. The Morgan fingerprint density at radius 1 is 1.10 bits per heavy atom. The summed E-state index contributed by atoms with van der Waals surface area (Å²) in [5.41, 5.74) is 2.85. The molecule has 1 N–H and O–H groups in total. The van der Waals surface area contributed by atoms with Gasteiger partial charge in [-0.3, -0.25) is 19.5 Å². The number of ether oxygens (including phenoxy) is 2. The number of benzene rings is 3. The molecule has 2 amide bonds. The van der Waals surface area contributed by atoms with E-state index in [-0.39, 0.29) is 11.8 Å². The summed E-state index contributed by atoms with van der Waals surface area (Å²) in [4.78, 5) is 29.0. The van der Waals surface area contributed by atoms with Crippen LogP contribution >= 0.6 is 11.6 Å². The Hall–Kier alpha value is -4.04. The monoisotopic (exact) mass is 560 g/mol. The van der Waals surface area contributed by atoms with Gasteiger partial charge in [0.05, 0.1) is 42.6 Å². The number of nitrogens with one attached hydrogen (secondary N) is 1. The molecule has 0 saturated carbocycles. The number of amides is 2. The molecule has 0 bridgehead atoms. The zero-order valence-electron chi connectivity index (χ0n) is 22.9. The molecule has 208 valence electrons. The van der Waals surface area contributed by atoms with Gasteiger partial charge in [0.25, 0.3) is 11.8 Å². The van der Waals surface area contributed by atoms with Gasteiger partial charge in [0.1, 0.15) is 6.04 Å². The van der Waals surface area contributed by atoms with Gasteiger partial charge in [-0.1, -0.05) is 37.6 Å². The summed E-state index contributed by atoms with van der Waals surface area (Å²) in [6.45, 7) is 5.39. The summed E-state index contributed by atoms with van der Waals surface area (Å²) in [5.74, 6) is 1.24. The molecule has 8 nitrogen and oxygen atoms in total. The number of hydrazone groups is 1. The number of hydrogen-bond acceptors (Lipinski definition) is 6. The van der Waals surface area contributed by atoms with Crippen molar-refractivity contribution in [3.05, 3.63) is 76.8 Å². The van der Waals surface area contributed by atoms with Gasteiger partial charge >= 0.3 is 0 Å². The van der Waals surface area contributed by atoms with Crippen molar-refractivity contribution in [2.24, 2.45) is 11.0 Å². The number of para-hydroxylation sites is 1. The van der Waals surface area contributed by atoms with Gasteiger partial charge in [-0.25, -0.2) is 0 Å². The third-order valence-corrected chi connectivity index (χ3v) is 7.17. The molecule has 9 heteroatoms. The molecular formula is C31H33ClN4O4. The van der Waals surface area contributed by atoms with Crippen molar-refractivity contribution in [2.45, 2.75) is 39.2 Å². The summed E-state index contributed by atoms with van der Waals surface area (Å²) in [5, 5.41) is 10.0. The van der Waals surface area contributed by atoms with E-state index in [1.165, 1.54) is 0 Å². The molecule has 3 aromatic rings. The molecule has 1 unspecified atom stereocenters. The first kappa shape index (κ1) is 27.5. The van der Waals surface area contributed by atoms with Gasteiger partial charge in [-0.2, -0.15) is 5.10 Å². The van der Waals surface area contributed by atoms with Crippen molar-refractivity contribution in [2.75, 3.05) is 30.5 Å². The molecule has 0 aromatic heterocycles. The van der Waals surface area contributed by atoms with Gasteiger partial charge in [-0.15, -0.1) is 0 Å². The zero-order valence-corrected chi connectivity index (χ0v) is 23.6. The number of hydrogen-bond donors (Lipinski definition) is 1. The number of rotatable bonds is 7. The lowest BCUT2D eigenvalue weighted by molar-refractivity contribution is -0.124. The molecule has 1 saturated heterocycles. The van der Waals surface area contributed by atoms with Gasteiger partial charge in [-0.05, 0) is 79.3 Å². The Morgan fingerprint density at radius 2 is 1.93 bits per heavy atom. The maximum Gasteiger partial charge on any atom is 0.257 e. The van der Waals surface area contributed by atoms with Crippen LogP contribution in [0.2, 0.25) is 5.02 Å². The SMILES string of the molecule is COc1ccc(/C=N/N2CCCCC2C(=O)N2c3ccc(Cl)cc3NC(=O)c3ccccc32)cc1OCC(C)C. The van der Waals surface area contributed by atoms with Crippen molar-refractivity contribution in [3.8, 4) is 11.5 Å². The van der Waals surface area contributed by atoms with Crippen molar-refractivity contribution in [3.63, 3.8) is 0 Å². The third-order valence-electron chi connectivity index (χ3n) is 6.93. The van der Waals surface area contributed by atoms with Crippen LogP contribution in [0, 0.1) is 5.92 Å². The maximum atomic E-state index is 14.3. The first-order chi connectivity index (χ1) is 19.4. The average Bonchev–Trinajstić information content (AvgIpc) is 3.08. The minimum Gasteiger partial charge on any atom is -0.493 e. The van der Waals surface area contributed by atoms with E-state index in [0.717, 1.165) is 18.4 Å². The summed E-state index contributed by atoms with van der Waals surface area (Å²) in [6.07, 6.45) is 4.22. The normalized spacial score (nSPS) is 16.8. The van der Waals surface area contributed by atoms with Crippen LogP contribution in [0.3, 0.4) is 0 Å². The molecule has 40 heavy (non-hydrogen) atoms. The minimum absolute atomic E-state index is 0.153. The summed E-state index contributed by atoms with van der Waals surface area (Å²) >= 11 is 6.25. The highest BCUT2D eigenvalue weighted by Gasteiger charge is 2.37. The fourth-order valence-electron chi connectivity index (χ4n) is 4.96. The molecule has 3 aromatic carbocycles. The number of nitrogens with zero attached hydrogens (tertiary/aromatic N) is 3. The number of carbonyl (C=O) groups excluding carboxylic acids is 2. The molecule has 2 aliphatic rings. The van der Waals surface area contributed by atoms with Gasteiger partial charge < -0.3 is 14.8 Å². The number of anilines is 3. The zero-order chi connectivity index (χ0) is 28.2. The second kappa shape index (κ2) is 12.0. The van der Waals surface area contributed by atoms with Crippen LogP contribution in [0.4, 0.5) is 17.1 Å². The maximum absolute atomic E-state index is 14.3. The largest absolute Gasteiger partial charge is 0.493 e. The first-order valence-electron chi connectivity index (χ1n) is 13.5. The second-order valence-corrected chi connectivity index (χ2v) is 10.8. The summed E-state index contributed by atoms with van der Waals surface area (Å²) in [7, 11) is 1.62. The summed E-state index contributed by atoms with van der Waals surface area (Å²) < 4.78 is 11.4. The predicted molar refractivity (Wildman–Crippen MR) is 158 cm³/mol. The molecule has 2 heterocycles. The molecule has 2 aliphatic heterocycles. The van der Waals surface area contributed by atoms with Crippen molar-refractivity contribution in [1.29, 1.82) is 0 Å². The molecule has 5 rings (SSSR count). The van der Waals surface area contributed by atoms with Crippen LogP contribution in [-0.4, -0.2) is 49.3 Å². The molecule has 0 radical (unpaired) electrons. The van der Waals surface area contributed by atoms with Gasteiger partial charge in [0.2, 0.25) is 0 Å². The van der Waals surface area contributed by atoms with E-state index in [0.29, 0.717) is 64.6 Å². The standard InChI is InChI=1S/C31H33ClN4O4/c1-20(2)19-40-29-16-21(11-14-28(29)39-3)18-33-35-15-7-6-10-27(35)31(38)36-25-9-5-4-8-23(25)30(37)34-24-17-22(32)12-13-26(24)36/h4-5,8-9,11-14,16-18,20,27H,6-7,10,15,19H2,1-3H3,(H,34,37)/b33-18+. The highest BCUT2D eigenvalue weighted by atomic mass is 35.5. The average molecular weight is 561 g/mol. The number of methoxy groups -OCH3 is 1. The van der Waals surface area contributed by atoms with Crippen LogP contribution in [0.1, 0.15) is 49.0 Å². The Kier molecular flexibility index (Phi) is 8.26. The number of fused-ring (bicyclic) bond motifs is 2. The topological polar surface area (TPSA) is 83.5 Å². The Balaban J connectivity index is 1.47. The number of halogens is 1. The highest BCUT2D eigenvalue weighted by Crippen LogP contribution is 2.40. The van der Waals surface area contributed by atoms with Crippen LogP contribution in [0.25, 0.3) is 0 Å². The van der Waals surface area contributed by atoms with E-state index in [1.807, 2.05) is 29.3 Å². The van der Waals surface area contributed by atoms with E-state index in [4.69, 9.17) is 26.2 Å². The highest BCUT2D eigenvalue weighted by molar-refractivity contribution is 6.31. The molecular weight excluding hydrogens is 528 g/mol. The Labute approximate surface area is 239 Å². The Morgan fingerprint density at radius 3 is 2.73 bits per heavy atom. The van der Waals surface area contributed by atoms with Crippen molar-refractivity contribution >= 4 is 46.7 Å². The smallest absolute Gasteiger partial charge is 0.257 e. The van der Waals surface area contributed by atoms with Crippen molar-refractivity contribution < 1.29 is 19.1 Å². The fraction of sp³-hybridized carbons (Fsp3) is 0.323. The lowest BCUT2D eigenvalue weighted by atomic mass is 10.0. The lowest BCUT2D eigenvalue weighted by Gasteiger charge is -2.36. The molecule has 0 spiro atoms. The van der Waals surface area contributed by atoms with Gasteiger partial charge in [0, 0.05) is 11.6 Å². The number of piperidine rings is 1. The first-order valence-corrected chi connectivity index (χ1v) is 13.9. The molecule has 0 aliphatic carbocycles. The second-order valence-electron chi connectivity index (χ2n) is 10.3. The van der Waals surface area contributed by atoms with Gasteiger partial charge in [0.15, 0.2) is 11.5 Å². The fourth-order valence-corrected chi connectivity index (χ4v) is 5.13. The summed E-state index contributed by atoms with van der Waals surface area (Å²) in [6, 6.07) is 17.4. The van der Waals surface area contributed by atoms with E-state index in [1.54, 1.807) is 54.6 Å². The molecule has 1 fully saturated rings. The van der Waals surface area contributed by atoms with Crippen LogP contribution in [0.15, 0.2) is 65.8 Å². The number of carbonyl (C=O) groups is 2. The predicted octanol–water partition coefficient (Wildman–Crippen LogP) is 6.50. The van der Waals surface area contributed by atoms with E-state index >= 15 is 0 Å². The van der Waals surface area contributed by atoms with E-state index < -0.39 is 6.04 Å². The van der Waals surface area contributed by atoms with Crippen molar-refractivity contribution in [1.82, 2.24) is 5.01 Å². The van der Waals surface area contributed by atoms with Crippen LogP contribution < -0.4 is 19.7 Å².